The predicted molar refractivity (Wildman–Crippen MR) is 121 cm³/mol. The van der Waals surface area contributed by atoms with E-state index in [4.69, 9.17) is 16.6 Å². The van der Waals surface area contributed by atoms with Gasteiger partial charge in [0.1, 0.15) is 18.2 Å². The second-order valence-electron chi connectivity index (χ2n) is 8.39. The molecule has 0 N–H and O–H groups in total. The van der Waals surface area contributed by atoms with Crippen LogP contribution in [0.4, 0.5) is 0 Å². The lowest BCUT2D eigenvalue weighted by molar-refractivity contribution is -0.133. The summed E-state index contributed by atoms with van der Waals surface area (Å²) in [4.78, 5) is 24.0. The molecular formula is C24H28ClN5O. The topological polar surface area (TPSA) is 63.9 Å². The molecule has 1 amide bonds. The molecule has 1 saturated heterocycles. The molecule has 3 heterocycles. The molecule has 162 valence electrons. The van der Waals surface area contributed by atoms with Crippen molar-refractivity contribution >= 4 is 17.5 Å². The first-order chi connectivity index (χ1) is 14.9. The van der Waals surface area contributed by atoms with Crippen molar-refractivity contribution in [1.29, 1.82) is 0 Å². The number of hydrogen-bond donors (Lipinski definition) is 0. The van der Waals surface area contributed by atoms with Crippen molar-refractivity contribution in [3.8, 4) is 0 Å². The number of aryl methyl sites for hydroxylation is 3. The van der Waals surface area contributed by atoms with Crippen molar-refractivity contribution < 1.29 is 4.79 Å². The summed E-state index contributed by atoms with van der Waals surface area (Å²) in [7, 11) is 0. The third-order valence-corrected chi connectivity index (χ3v) is 6.01. The number of likely N-dealkylation sites (tertiary alicyclic amines) is 1. The van der Waals surface area contributed by atoms with Crippen LogP contribution in [0.3, 0.4) is 0 Å². The fourth-order valence-electron chi connectivity index (χ4n) is 4.35. The van der Waals surface area contributed by atoms with E-state index in [0.29, 0.717) is 12.4 Å². The molecule has 1 aliphatic rings. The lowest BCUT2D eigenvalue weighted by Crippen LogP contribution is -2.41. The quantitative estimate of drug-likeness (QED) is 0.598. The van der Waals surface area contributed by atoms with Crippen molar-refractivity contribution in [2.45, 2.75) is 52.5 Å². The Morgan fingerprint density at radius 1 is 1.13 bits per heavy atom. The molecule has 0 aliphatic carbocycles. The summed E-state index contributed by atoms with van der Waals surface area (Å²) in [6.07, 6.45) is 2.83. The first kappa shape index (κ1) is 21.5. The molecule has 1 aromatic carbocycles. The SMILES string of the molecule is Cc1cc(Cc2cccc(Cl)c2)cc(C2CCCN(C(=O)Cn3nc(C)nc3C)C2)n1. The predicted octanol–water partition coefficient (Wildman–Crippen LogP) is 4.25. The van der Waals surface area contributed by atoms with Crippen LogP contribution in [-0.2, 0) is 17.8 Å². The largest absolute Gasteiger partial charge is 0.340 e. The Labute approximate surface area is 188 Å². The van der Waals surface area contributed by atoms with Crippen molar-refractivity contribution in [2.75, 3.05) is 13.1 Å². The van der Waals surface area contributed by atoms with Gasteiger partial charge in [-0.3, -0.25) is 9.78 Å². The van der Waals surface area contributed by atoms with Gasteiger partial charge in [0.15, 0.2) is 0 Å². The molecule has 6 nitrogen and oxygen atoms in total. The number of hydrogen-bond acceptors (Lipinski definition) is 4. The maximum atomic E-state index is 12.9. The maximum absolute atomic E-state index is 12.9. The van der Waals surface area contributed by atoms with Gasteiger partial charge >= 0.3 is 0 Å². The molecule has 3 aromatic rings. The Morgan fingerprint density at radius 2 is 1.97 bits per heavy atom. The molecule has 4 rings (SSSR count). The van der Waals surface area contributed by atoms with E-state index >= 15 is 0 Å². The minimum atomic E-state index is 0.0875. The van der Waals surface area contributed by atoms with Crippen LogP contribution in [0.15, 0.2) is 36.4 Å². The van der Waals surface area contributed by atoms with E-state index < -0.39 is 0 Å². The van der Waals surface area contributed by atoms with Crippen LogP contribution in [-0.4, -0.2) is 43.6 Å². The zero-order valence-electron chi connectivity index (χ0n) is 18.3. The highest BCUT2D eigenvalue weighted by atomic mass is 35.5. The zero-order valence-corrected chi connectivity index (χ0v) is 19.1. The van der Waals surface area contributed by atoms with Crippen LogP contribution < -0.4 is 0 Å². The number of pyridine rings is 1. The molecule has 0 radical (unpaired) electrons. The van der Waals surface area contributed by atoms with E-state index in [1.54, 1.807) is 4.68 Å². The third-order valence-electron chi connectivity index (χ3n) is 5.77. The van der Waals surface area contributed by atoms with Crippen LogP contribution in [0.25, 0.3) is 0 Å². The van der Waals surface area contributed by atoms with E-state index in [0.717, 1.165) is 48.0 Å². The fraction of sp³-hybridized carbons (Fsp3) is 0.417. The Balaban J connectivity index is 1.48. The van der Waals surface area contributed by atoms with Gasteiger partial charge in [-0.15, -0.1) is 0 Å². The second kappa shape index (κ2) is 9.18. The Hall–Kier alpha value is -2.73. The molecule has 0 saturated carbocycles. The molecule has 2 aromatic heterocycles. The van der Waals surface area contributed by atoms with Gasteiger partial charge in [0, 0.05) is 35.4 Å². The van der Waals surface area contributed by atoms with E-state index in [2.05, 4.69) is 28.3 Å². The highest BCUT2D eigenvalue weighted by Crippen LogP contribution is 2.27. The minimum Gasteiger partial charge on any atom is -0.340 e. The average molecular weight is 438 g/mol. The van der Waals surface area contributed by atoms with E-state index in [9.17, 15) is 4.79 Å². The lowest BCUT2D eigenvalue weighted by Gasteiger charge is -2.33. The van der Waals surface area contributed by atoms with Crippen molar-refractivity contribution in [3.05, 3.63) is 75.6 Å². The maximum Gasteiger partial charge on any atom is 0.244 e. The number of piperidine rings is 1. The van der Waals surface area contributed by atoms with Crippen molar-refractivity contribution in [3.63, 3.8) is 0 Å². The standard InChI is InChI=1S/C24H28ClN5O/c1-16-10-20(11-19-6-4-8-22(25)12-19)13-23(26-16)21-7-5-9-29(14-21)24(31)15-30-18(3)27-17(2)28-30/h4,6,8,10,12-13,21H,5,7,9,11,14-15H2,1-3H3. The summed E-state index contributed by atoms with van der Waals surface area (Å²) in [6, 6.07) is 12.3. The number of aromatic nitrogens is 4. The Morgan fingerprint density at radius 3 is 2.71 bits per heavy atom. The number of rotatable bonds is 5. The van der Waals surface area contributed by atoms with Gasteiger partial charge in [-0.05, 0) is 75.4 Å². The second-order valence-corrected chi connectivity index (χ2v) is 8.83. The van der Waals surface area contributed by atoms with Crippen LogP contribution in [0.2, 0.25) is 5.02 Å². The summed E-state index contributed by atoms with van der Waals surface area (Å²) in [5.74, 6) is 1.79. The van der Waals surface area contributed by atoms with Gasteiger partial charge < -0.3 is 4.90 Å². The van der Waals surface area contributed by atoms with Crippen LogP contribution in [0.1, 0.15) is 52.9 Å². The highest BCUT2D eigenvalue weighted by molar-refractivity contribution is 6.30. The molecule has 1 aliphatic heterocycles. The van der Waals surface area contributed by atoms with Crippen LogP contribution in [0, 0.1) is 20.8 Å². The van der Waals surface area contributed by atoms with Crippen LogP contribution >= 0.6 is 11.6 Å². The molecule has 0 spiro atoms. The van der Waals surface area contributed by atoms with Gasteiger partial charge in [0.2, 0.25) is 5.91 Å². The number of amides is 1. The molecule has 1 fully saturated rings. The number of carbonyl (C=O) groups is 1. The first-order valence-corrected chi connectivity index (χ1v) is 11.1. The summed E-state index contributed by atoms with van der Waals surface area (Å²) < 4.78 is 1.69. The zero-order chi connectivity index (χ0) is 22.0. The number of nitrogens with zero attached hydrogens (tertiary/aromatic N) is 5. The molecule has 1 atom stereocenters. The summed E-state index contributed by atoms with van der Waals surface area (Å²) in [5.41, 5.74) is 4.49. The molecule has 7 heteroatoms. The van der Waals surface area contributed by atoms with Gasteiger partial charge in [0.25, 0.3) is 0 Å². The normalized spacial score (nSPS) is 16.5. The van der Waals surface area contributed by atoms with Crippen molar-refractivity contribution in [2.24, 2.45) is 0 Å². The first-order valence-electron chi connectivity index (χ1n) is 10.7. The summed E-state index contributed by atoms with van der Waals surface area (Å²) in [6.45, 7) is 7.47. The smallest absolute Gasteiger partial charge is 0.244 e. The Bertz CT molecular complexity index is 1090. The Kier molecular flexibility index (Phi) is 6.37. The monoisotopic (exact) mass is 437 g/mol. The third kappa shape index (κ3) is 5.31. The lowest BCUT2D eigenvalue weighted by atomic mass is 9.92. The average Bonchev–Trinajstić information content (AvgIpc) is 3.04. The van der Waals surface area contributed by atoms with E-state index in [1.165, 1.54) is 11.1 Å². The fourth-order valence-corrected chi connectivity index (χ4v) is 4.56. The van der Waals surface area contributed by atoms with Crippen molar-refractivity contribution in [1.82, 2.24) is 24.6 Å². The number of benzene rings is 1. The van der Waals surface area contributed by atoms with Crippen LogP contribution in [0.5, 0.6) is 0 Å². The van der Waals surface area contributed by atoms with E-state index in [1.807, 2.05) is 43.9 Å². The minimum absolute atomic E-state index is 0.0875. The number of halogens is 1. The van der Waals surface area contributed by atoms with Gasteiger partial charge in [-0.1, -0.05) is 23.7 Å². The molecule has 0 bridgehead atoms. The summed E-state index contributed by atoms with van der Waals surface area (Å²) in [5, 5.41) is 5.08. The number of carbonyl (C=O) groups excluding carboxylic acids is 1. The molecule has 1 unspecified atom stereocenters. The molecule has 31 heavy (non-hydrogen) atoms. The highest BCUT2D eigenvalue weighted by Gasteiger charge is 2.26. The summed E-state index contributed by atoms with van der Waals surface area (Å²) >= 11 is 6.15. The molecular weight excluding hydrogens is 410 g/mol. The van der Waals surface area contributed by atoms with Gasteiger partial charge in [0.05, 0.1) is 0 Å². The van der Waals surface area contributed by atoms with E-state index in [-0.39, 0.29) is 18.4 Å². The van der Waals surface area contributed by atoms with Gasteiger partial charge in [-0.25, -0.2) is 9.67 Å². The van der Waals surface area contributed by atoms with Gasteiger partial charge in [-0.2, -0.15) is 5.10 Å².